The van der Waals surface area contributed by atoms with E-state index in [2.05, 4.69) is 16.3 Å². The molecule has 2 aromatic carbocycles. The molecular weight excluding hydrogens is 304 g/mol. The zero-order valence-electron chi connectivity index (χ0n) is 14.3. The molecule has 1 atom stereocenters. The van der Waals surface area contributed by atoms with E-state index >= 15 is 0 Å². The van der Waals surface area contributed by atoms with Gasteiger partial charge in [0.15, 0.2) is 0 Å². The molecule has 5 heteroatoms. The Labute approximate surface area is 141 Å². The second kappa shape index (κ2) is 6.61. The minimum atomic E-state index is -0.258. The Morgan fingerprint density at radius 2 is 2.12 bits per heavy atom. The predicted molar refractivity (Wildman–Crippen MR) is 92.7 cm³/mol. The molecule has 126 valence electrons. The summed E-state index contributed by atoms with van der Waals surface area (Å²) in [7, 11) is 3.66. The third kappa shape index (κ3) is 2.99. The summed E-state index contributed by atoms with van der Waals surface area (Å²) in [4.78, 5) is 25.7. The molecule has 1 amide bonds. The van der Waals surface area contributed by atoms with Crippen LogP contribution in [-0.4, -0.2) is 36.9 Å². The number of hydrogen-bond donors (Lipinski definition) is 1. The van der Waals surface area contributed by atoms with Gasteiger partial charge in [-0.2, -0.15) is 0 Å². The van der Waals surface area contributed by atoms with Crippen molar-refractivity contribution in [3.05, 3.63) is 47.0 Å². The van der Waals surface area contributed by atoms with Gasteiger partial charge in [-0.15, -0.1) is 0 Å². The molecule has 0 saturated heterocycles. The van der Waals surface area contributed by atoms with Crippen LogP contribution in [0.3, 0.4) is 0 Å². The topological polar surface area (TPSA) is 58.6 Å². The third-order valence-corrected chi connectivity index (χ3v) is 4.73. The summed E-state index contributed by atoms with van der Waals surface area (Å²) in [5.74, 6) is -0.222. The number of rotatable bonds is 5. The maximum Gasteiger partial charge on any atom is 0.339 e. The standard InChI is InChI=1S/C19H22N2O3/c1-12(9-17(22)20-2)21(3)10-13-7-8-14-11-24-19(23)16-6-4-5-15(13)18(14)16/h4-8,12H,9-11H2,1-3H3,(H,20,22). The summed E-state index contributed by atoms with van der Waals surface area (Å²) >= 11 is 0. The molecule has 1 aliphatic heterocycles. The number of nitrogens with one attached hydrogen (secondary N) is 1. The fourth-order valence-corrected chi connectivity index (χ4v) is 3.14. The molecule has 24 heavy (non-hydrogen) atoms. The number of cyclic esters (lactones) is 1. The average molecular weight is 326 g/mol. The molecule has 0 bridgehead atoms. The van der Waals surface area contributed by atoms with Gasteiger partial charge < -0.3 is 10.1 Å². The van der Waals surface area contributed by atoms with Gasteiger partial charge in [-0.3, -0.25) is 9.69 Å². The molecule has 2 aromatic rings. The van der Waals surface area contributed by atoms with Crippen molar-refractivity contribution in [3.8, 4) is 0 Å². The van der Waals surface area contributed by atoms with Crippen LogP contribution in [0.25, 0.3) is 10.8 Å². The Bertz CT molecular complexity index is 801. The number of nitrogens with zero attached hydrogens (tertiary/aromatic N) is 1. The van der Waals surface area contributed by atoms with E-state index in [1.807, 2.05) is 38.2 Å². The number of esters is 1. The average Bonchev–Trinajstić information content (AvgIpc) is 2.59. The summed E-state index contributed by atoms with van der Waals surface area (Å²) in [5.41, 5.74) is 2.83. The molecule has 1 unspecified atom stereocenters. The number of ether oxygens (including phenoxy) is 1. The van der Waals surface area contributed by atoms with Crippen molar-refractivity contribution in [1.82, 2.24) is 10.2 Å². The van der Waals surface area contributed by atoms with Crippen molar-refractivity contribution in [2.75, 3.05) is 14.1 Å². The first kappa shape index (κ1) is 16.5. The zero-order valence-corrected chi connectivity index (χ0v) is 14.3. The fourth-order valence-electron chi connectivity index (χ4n) is 3.14. The van der Waals surface area contributed by atoms with Crippen molar-refractivity contribution >= 4 is 22.6 Å². The van der Waals surface area contributed by atoms with E-state index in [0.29, 0.717) is 25.1 Å². The minimum absolute atomic E-state index is 0.0361. The van der Waals surface area contributed by atoms with Crippen molar-refractivity contribution in [3.63, 3.8) is 0 Å². The monoisotopic (exact) mass is 326 g/mol. The van der Waals surface area contributed by atoms with Gasteiger partial charge >= 0.3 is 5.97 Å². The van der Waals surface area contributed by atoms with Crippen LogP contribution in [0.4, 0.5) is 0 Å². The van der Waals surface area contributed by atoms with Gasteiger partial charge in [-0.25, -0.2) is 4.79 Å². The van der Waals surface area contributed by atoms with Gasteiger partial charge in [0.25, 0.3) is 0 Å². The van der Waals surface area contributed by atoms with Gasteiger partial charge in [-0.05, 0) is 36.6 Å². The summed E-state index contributed by atoms with van der Waals surface area (Å²) in [5, 5.41) is 4.74. The Morgan fingerprint density at radius 1 is 1.33 bits per heavy atom. The largest absolute Gasteiger partial charge is 0.457 e. The highest BCUT2D eigenvalue weighted by atomic mass is 16.5. The smallest absolute Gasteiger partial charge is 0.339 e. The molecule has 0 aromatic heterocycles. The molecule has 0 saturated carbocycles. The SMILES string of the molecule is CNC(=O)CC(C)N(C)Cc1ccc2c3c(cccc13)C(=O)OC2. The number of amides is 1. The van der Waals surface area contributed by atoms with Crippen LogP contribution in [0.1, 0.15) is 34.8 Å². The van der Waals surface area contributed by atoms with Gasteiger partial charge in [0, 0.05) is 31.4 Å². The fraction of sp³-hybridized carbons (Fsp3) is 0.368. The predicted octanol–water partition coefficient (Wildman–Crippen LogP) is 2.47. The lowest BCUT2D eigenvalue weighted by Crippen LogP contribution is -2.33. The van der Waals surface area contributed by atoms with Crippen molar-refractivity contribution in [1.29, 1.82) is 0 Å². The zero-order chi connectivity index (χ0) is 17.3. The van der Waals surface area contributed by atoms with E-state index < -0.39 is 0 Å². The van der Waals surface area contributed by atoms with E-state index in [-0.39, 0.29) is 17.9 Å². The summed E-state index contributed by atoms with van der Waals surface area (Å²) < 4.78 is 5.22. The highest BCUT2D eigenvalue weighted by Gasteiger charge is 2.22. The van der Waals surface area contributed by atoms with Crippen LogP contribution in [0.2, 0.25) is 0 Å². The molecule has 1 heterocycles. The maximum atomic E-state index is 12.0. The van der Waals surface area contributed by atoms with Crippen LogP contribution < -0.4 is 5.32 Å². The highest BCUT2D eigenvalue weighted by Crippen LogP contribution is 2.31. The Kier molecular flexibility index (Phi) is 4.53. The second-order valence-electron chi connectivity index (χ2n) is 6.33. The first-order valence-corrected chi connectivity index (χ1v) is 8.12. The van der Waals surface area contributed by atoms with E-state index in [0.717, 1.165) is 21.9 Å². The summed E-state index contributed by atoms with van der Waals surface area (Å²) in [6, 6.07) is 10.0. The second-order valence-corrected chi connectivity index (χ2v) is 6.33. The van der Waals surface area contributed by atoms with Crippen molar-refractivity contribution in [2.45, 2.75) is 32.5 Å². The van der Waals surface area contributed by atoms with Gasteiger partial charge in [0.05, 0.1) is 5.56 Å². The lowest BCUT2D eigenvalue weighted by Gasteiger charge is -2.26. The molecule has 5 nitrogen and oxygen atoms in total. The molecule has 1 N–H and O–H groups in total. The van der Waals surface area contributed by atoms with E-state index in [4.69, 9.17) is 4.74 Å². The van der Waals surface area contributed by atoms with Crippen LogP contribution >= 0.6 is 0 Å². The quantitative estimate of drug-likeness (QED) is 0.858. The molecule has 0 radical (unpaired) electrons. The molecule has 0 aliphatic carbocycles. The number of hydrogen-bond acceptors (Lipinski definition) is 4. The molecule has 0 fully saturated rings. The van der Waals surface area contributed by atoms with Gasteiger partial charge in [0.2, 0.25) is 5.91 Å². The van der Waals surface area contributed by atoms with E-state index in [1.54, 1.807) is 7.05 Å². The van der Waals surface area contributed by atoms with Crippen molar-refractivity contribution in [2.24, 2.45) is 0 Å². The Balaban J connectivity index is 1.92. The van der Waals surface area contributed by atoms with Crippen LogP contribution in [-0.2, 0) is 22.7 Å². The Morgan fingerprint density at radius 3 is 2.88 bits per heavy atom. The molecule has 1 aliphatic rings. The number of carbonyl (C=O) groups is 2. The first-order chi connectivity index (χ1) is 11.5. The van der Waals surface area contributed by atoms with Crippen LogP contribution in [0, 0.1) is 0 Å². The normalized spacial score (nSPS) is 14.6. The highest BCUT2D eigenvalue weighted by molar-refractivity contribution is 6.08. The lowest BCUT2D eigenvalue weighted by molar-refractivity contribution is -0.121. The van der Waals surface area contributed by atoms with Crippen LogP contribution in [0.15, 0.2) is 30.3 Å². The van der Waals surface area contributed by atoms with Crippen LogP contribution in [0.5, 0.6) is 0 Å². The maximum absolute atomic E-state index is 12.0. The molecule has 0 spiro atoms. The van der Waals surface area contributed by atoms with E-state index in [9.17, 15) is 9.59 Å². The van der Waals surface area contributed by atoms with Gasteiger partial charge in [0.1, 0.15) is 6.61 Å². The van der Waals surface area contributed by atoms with Crippen molar-refractivity contribution < 1.29 is 14.3 Å². The summed E-state index contributed by atoms with van der Waals surface area (Å²) in [6.45, 7) is 3.08. The third-order valence-electron chi connectivity index (χ3n) is 4.73. The number of benzene rings is 2. The lowest BCUT2D eigenvalue weighted by atomic mass is 9.94. The Hall–Kier alpha value is -2.40. The molecule has 3 rings (SSSR count). The minimum Gasteiger partial charge on any atom is -0.457 e. The van der Waals surface area contributed by atoms with E-state index in [1.165, 1.54) is 0 Å². The van der Waals surface area contributed by atoms with Gasteiger partial charge in [-0.1, -0.05) is 24.3 Å². The number of carbonyl (C=O) groups excluding carboxylic acids is 2. The molecular formula is C19H22N2O3. The summed E-state index contributed by atoms with van der Waals surface area (Å²) in [6.07, 6.45) is 0.459. The first-order valence-electron chi connectivity index (χ1n) is 8.12.